The lowest BCUT2D eigenvalue weighted by Crippen LogP contribution is -2.06. The Morgan fingerprint density at radius 1 is 1.10 bits per heavy atom. The SMILES string of the molecule is CS(=O)(=O)CCCC(=O)c1ccc2cc(Br)ccc2c1. The van der Waals surface area contributed by atoms with Gasteiger partial charge < -0.3 is 0 Å². The molecule has 0 amide bonds. The van der Waals surface area contributed by atoms with Crippen molar-refractivity contribution in [2.45, 2.75) is 12.8 Å². The topological polar surface area (TPSA) is 51.2 Å². The van der Waals surface area contributed by atoms with Crippen LogP contribution in [0.3, 0.4) is 0 Å². The summed E-state index contributed by atoms with van der Waals surface area (Å²) in [5.74, 6) is 0.0395. The Hall–Kier alpha value is -1.20. The number of carbonyl (C=O) groups is 1. The fraction of sp³-hybridized carbons (Fsp3) is 0.267. The van der Waals surface area contributed by atoms with Gasteiger partial charge in [-0.15, -0.1) is 0 Å². The van der Waals surface area contributed by atoms with E-state index in [1.165, 1.54) is 6.26 Å². The predicted molar refractivity (Wildman–Crippen MR) is 84.9 cm³/mol. The van der Waals surface area contributed by atoms with Gasteiger partial charge in [-0.3, -0.25) is 4.79 Å². The molecule has 0 fully saturated rings. The number of halogens is 1. The minimum atomic E-state index is -3.00. The van der Waals surface area contributed by atoms with E-state index in [2.05, 4.69) is 15.9 Å². The van der Waals surface area contributed by atoms with Crippen LogP contribution in [-0.4, -0.2) is 26.2 Å². The Labute approximate surface area is 127 Å². The van der Waals surface area contributed by atoms with Crippen LogP contribution in [-0.2, 0) is 9.84 Å². The van der Waals surface area contributed by atoms with Gasteiger partial charge in [0.25, 0.3) is 0 Å². The van der Waals surface area contributed by atoms with Gasteiger partial charge in [-0.25, -0.2) is 8.42 Å². The van der Waals surface area contributed by atoms with Crippen molar-refractivity contribution in [2.24, 2.45) is 0 Å². The molecule has 0 saturated carbocycles. The van der Waals surface area contributed by atoms with Crippen molar-refractivity contribution in [3.05, 3.63) is 46.4 Å². The third kappa shape index (κ3) is 4.15. The van der Waals surface area contributed by atoms with Crippen LogP contribution in [0.4, 0.5) is 0 Å². The summed E-state index contributed by atoms with van der Waals surface area (Å²) in [5.41, 5.74) is 0.633. The first-order chi connectivity index (χ1) is 9.35. The van der Waals surface area contributed by atoms with Crippen LogP contribution in [0.1, 0.15) is 23.2 Å². The molecular weight excluding hydrogens is 340 g/mol. The van der Waals surface area contributed by atoms with Crippen LogP contribution in [0.2, 0.25) is 0 Å². The summed E-state index contributed by atoms with van der Waals surface area (Å²) in [6.07, 6.45) is 1.82. The average molecular weight is 355 g/mol. The lowest BCUT2D eigenvalue weighted by molar-refractivity contribution is 0.0982. The van der Waals surface area contributed by atoms with Crippen LogP contribution in [0, 0.1) is 0 Å². The summed E-state index contributed by atoms with van der Waals surface area (Å²) in [6, 6.07) is 11.4. The fourth-order valence-corrected chi connectivity index (χ4v) is 3.08. The molecule has 0 saturated heterocycles. The molecule has 0 heterocycles. The zero-order chi connectivity index (χ0) is 14.8. The highest BCUT2D eigenvalue weighted by Gasteiger charge is 2.09. The van der Waals surface area contributed by atoms with Crippen molar-refractivity contribution in [1.29, 1.82) is 0 Å². The highest BCUT2D eigenvalue weighted by Crippen LogP contribution is 2.21. The Bertz CT molecular complexity index is 751. The second-order valence-electron chi connectivity index (χ2n) is 4.86. The van der Waals surface area contributed by atoms with Gasteiger partial charge in [0.15, 0.2) is 5.78 Å². The third-order valence-electron chi connectivity index (χ3n) is 3.04. The number of rotatable bonds is 5. The van der Waals surface area contributed by atoms with E-state index in [-0.39, 0.29) is 18.0 Å². The van der Waals surface area contributed by atoms with E-state index in [0.29, 0.717) is 12.0 Å². The molecular formula is C15H15BrO3S. The van der Waals surface area contributed by atoms with Gasteiger partial charge in [0.05, 0.1) is 5.75 Å². The second kappa shape index (κ2) is 6.06. The molecule has 0 aliphatic carbocycles. The van der Waals surface area contributed by atoms with Crippen LogP contribution >= 0.6 is 15.9 Å². The van der Waals surface area contributed by atoms with Crippen molar-refractivity contribution in [3.63, 3.8) is 0 Å². The van der Waals surface area contributed by atoms with E-state index >= 15 is 0 Å². The molecule has 20 heavy (non-hydrogen) atoms. The fourth-order valence-electron chi connectivity index (χ4n) is 2.03. The molecule has 0 aliphatic heterocycles. The number of benzene rings is 2. The zero-order valence-electron chi connectivity index (χ0n) is 11.1. The first kappa shape index (κ1) is 15.2. The Kier molecular flexibility index (Phi) is 4.60. The molecule has 0 spiro atoms. The summed E-state index contributed by atoms with van der Waals surface area (Å²) in [7, 11) is -3.00. The van der Waals surface area contributed by atoms with E-state index in [1.54, 1.807) is 6.07 Å². The summed E-state index contributed by atoms with van der Waals surface area (Å²) >= 11 is 3.41. The number of sulfone groups is 1. The van der Waals surface area contributed by atoms with E-state index in [1.807, 2.05) is 30.3 Å². The average Bonchev–Trinajstić information content (AvgIpc) is 2.36. The molecule has 3 nitrogen and oxygen atoms in total. The molecule has 2 aromatic rings. The van der Waals surface area contributed by atoms with E-state index < -0.39 is 9.84 Å². The number of hydrogen-bond donors (Lipinski definition) is 0. The number of ketones is 1. The standard InChI is InChI=1S/C15H15BrO3S/c1-20(18,19)8-2-3-15(17)13-5-4-12-10-14(16)7-6-11(12)9-13/h4-7,9-10H,2-3,8H2,1H3. The smallest absolute Gasteiger partial charge is 0.162 e. The van der Waals surface area contributed by atoms with Crippen molar-refractivity contribution >= 4 is 42.3 Å². The van der Waals surface area contributed by atoms with Gasteiger partial charge in [0, 0.05) is 22.7 Å². The van der Waals surface area contributed by atoms with Crippen LogP contribution in [0.15, 0.2) is 40.9 Å². The number of carbonyl (C=O) groups excluding carboxylic acids is 1. The zero-order valence-corrected chi connectivity index (χ0v) is 13.5. The van der Waals surface area contributed by atoms with Gasteiger partial charge in [-0.2, -0.15) is 0 Å². The lowest BCUT2D eigenvalue weighted by Gasteiger charge is -2.04. The largest absolute Gasteiger partial charge is 0.294 e. The van der Waals surface area contributed by atoms with Crippen molar-refractivity contribution in [1.82, 2.24) is 0 Å². The highest BCUT2D eigenvalue weighted by molar-refractivity contribution is 9.10. The Morgan fingerprint density at radius 3 is 2.45 bits per heavy atom. The minimum Gasteiger partial charge on any atom is -0.294 e. The molecule has 5 heteroatoms. The van der Waals surface area contributed by atoms with Gasteiger partial charge in [0.2, 0.25) is 0 Å². The van der Waals surface area contributed by atoms with Crippen molar-refractivity contribution in [3.8, 4) is 0 Å². The quantitative estimate of drug-likeness (QED) is 0.770. The third-order valence-corrected chi connectivity index (χ3v) is 4.57. The molecule has 0 aliphatic rings. The molecule has 0 N–H and O–H groups in total. The molecule has 0 unspecified atom stereocenters. The maximum atomic E-state index is 12.0. The monoisotopic (exact) mass is 354 g/mol. The summed E-state index contributed by atoms with van der Waals surface area (Å²) < 4.78 is 23.1. The molecule has 0 bridgehead atoms. The van der Waals surface area contributed by atoms with Crippen LogP contribution in [0.25, 0.3) is 10.8 Å². The summed E-state index contributed by atoms with van der Waals surface area (Å²) in [5, 5.41) is 2.06. The van der Waals surface area contributed by atoms with E-state index in [4.69, 9.17) is 0 Å². The number of fused-ring (bicyclic) bond motifs is 1. The van der Waals surface area contributed by atoms with E-state index in [9.17, 15) is 13.2 Å². The van der Waals surface area contributed by atoms with Crippen LogP contribution < -0.4 is 0 Å². The predicted octanol–water partition coefficient (Wildman–Crippen LogP) is 3.61. The highest BCUT2D eigenvalue weighted by atomic mass is 79.9. The molecule has 0 radical (unpaired) electrons. The Balaban J connectivity index is 2.12. The van der Waals surface area contributed by atoms with Crippen LogP contribution in [0.5, 0.6) is 0 Å². The maximum absolute atomic E-state index is 12.0. The first-order valence-electron chi connectivity index (χ1n) is 6.25. The summed E-state index contributed by atoms with van der Waals surface area (Å²) in [6.45, 7) is 0. The molecule has 2 aromatic carbocycles. The normalized spacial score (nSPS) is 11.7. The maximum Gasteiger partial charge on any atom is 0.162 e. The Morgan fingerprint density at radius 2 is 1.75 bits per heavy atom. The van der Waals surface area contributed by atoms with Gasteiger partial charge in [-0.05, 0) is 35.4 Å². The lowest BCUT2D eigenvalue weighted by atomic mass is 10.0. The number of Topliss-reactive ketones (excluding diaryl/α,β-unsaturated/α-hetero) is 1. The van der Waals surface area contributed by atoms with E-state index in [0.717, 1.165) is 15.2 Å². The van der Waals surface area contributed by atoms with Crippen molar-refractivity contribution < 1.29 is 13.2 Å². The van der Waals surface area contributed by atoms with Gasteiger partial charge >= 0.3 is 0 Å². The first-order valence-corrected chi connectivity index (χ1v) is 9.11. The van der Waals surface area contributed by atoms with Crippen molar-refractivity contribution in [2.75, 3.05) is 12.0 Å². The summed E-state index contributed by atoms with van der Waals surface area (Å²) in [4.78, 5) is 12.0. The molecule has 0 atom stereocenters. The number of hydrogen-bond acceptors (Lipinski definition) is 3. The molecule has 106 valence electrons. The second-order valence-corrected chi connectivity index (χ2v) is 8.04. The van der Waals surface area contributed by atoms with Gasteiger partial charge in [0.1, 0.15) is 9.84 Å². The molecule has 2 rings (SSSR count). The van der Waals surface area contributed by atoms with Gasteiger partial charge in [-0.1, -0.05) is 34.1 Å². The minimum absolute atomic E-state index is 0.0153. The molecule has 0 aromatic heterocycles.